The second-order valence-electron chi connectivity index (χ2n) is 14.4. The summed E-state index contributed by atoms with van der Waals surface area (Å²) in [6.45, 7) is 0. The van der Waals surface area contributed by atoms with Crippen molar-refractivity contribution < 1.29 is 8.83 Å². The first-order valence-electron chi connectivity index (χ1n) is 19.0. The molecule has 4 heterocycles. The number of aromatic nitrogens is 4. The molecule has 0 saturated heterocycles. The van der Waals surface area contributed by atoms with Crippen molar-refractivity contribution in [1.29, 1.82) is 0 Å². The number of furan rings is 2. The molecule has 0 N–H and O–H groups in total. The van der Waals surface area contributed by atoms with Gasteiger partial charge >= 0.3 is 0 Å². The van der Waals surface area contributed by atoms with Gasteiger partial charge in [0, 0.05) is 60.8 Å². The highest BCUT2D eigenvalue weighted by molar-refractivity contribution is 6.19. The van der Waals surface area contributed by atoms with Gasteiger partial charge in [0.25, 0.3) is 0 Å². The molecule has 0 radical (unpaired) electrons. The monoisotopic (exact) mass is 730 g/mol. The van der Waals surface area contributed by atoms with E-state index in [-0.39, 0.29) is 0 Å². The maximum absolute atomic E-state index is 6.64. The van der Waals surface area contributed by atoms with E-state index in [0.717, 1.165) is 82.9 Å². The molecule has 0 aliphatic rings. The Morgan fingerprint density at radius 2 is 0.930 bits per heavy atom. The van der Waals surface area contributed by atoms with Crippen LogP contribution >= 0.6 is 0 Å². The zero-order chi connectivity index (χ0) is 37.5. The van der Waals surface area contributed by atoms with E-state index >= 15 is 0 Å². The molecule has 57 heavy (non-hydrogen) atoms. The predicted octanol–water partition coefficient (Wildman–Crippen LogP) is 13.4. The molecule has 0 spiro atoms. The standard InChI is InChI=1S/C51H30N4O2/c1-4-14-31(15-5-1)49-52-50(32-16-6-2-7-17-32)54-51(53-49)38-22-13-25-43-48(38)40-29-39-36-27-26-33(28-44(36)57-45(39)30-46(40)56-43)35-21-12-24-42-47(35)37-20-10-11-23-41(37)55(42)34-18-8-3-9-19-34/h1-30H. The third-order valence-corrected chi connectivity index (χ3v) is 11.1. The van der Waals surface area contributed by atoms with Crippen LogP contribution in [0.1, 0.15) is 0 Å². The van der Waals surface area contributed by atoms with E-state index < -0.39 is 0 Å². The summed E-state index contributed by atoms with van der Waals surface area (Å²) in [5, 5.41) is 6.41. The third-order valence-electron chi connectivity index (χ3n) is 11.1. The van der Waals surface area contributed by atoms with Crippen LogP contribution in [0.3, 0.4) is 0 Å². The quantitative estimate of drug-likeness (QED) is 0.176. The Labute approximate surface area is 325 Å². The summed E-state index contributed by atoms with van der Waals surface area (Å²) in [6, 6.07) is 62.7. The van der Waals surface area contributed by atoms with Crippen LogP contribution in [0, 0.1) is 0 Å². The fraction of sp³-hybridized carbons (Fsp3) is 0. The van der Waals surface area contributed by atoms with Gasteiger partial charge in [-0.2, -0.15) is 0 Å². The molecule has 0 aliphatic carbocycles. The Morgan fingerprint density at radius 1 is 0.333 bits per heavy atom. The van der Waals surface area contributed by atoms with Crippen LogP contribution in [0.25, 0.3) is 117 Å². The maximum Gasteiger partial charge on any atom is 0.164 e. The van der Waals surface area contributed by atoms with Crippen LogP contribution < -0.4 is 0 Å². The molecule has 0 saturated carbocycles. The van der Waals surface area contributed by atoms with Crippen LogP contribution in [-0.2, 0) is 0 Å². The maximum atomic E-state index is 6.64. The molecule has 0 atom stereocenters. The summed E-state index contributed by atoms with van der Waals surface area (Å²) in [6.07, 6.45) is 0. The highest BCUT2D eigenvalue weighted by Gasteiger charge is 2.21. The minimum absolute atomic E-state index is 0.584. The second kappa shape index (κ2) is 12.3. The first kappa shape index (κ1) is 31.5. The topological polar surface area (TPSA) is 69.9 Å². The summed E-state index contributed by atoms with van der Waals surface area (Å²) in [7, 11) is 0. The van der Waals surface area contributed by atoms with E-state index in [1.54, 1.807) is 0 Å². The number of fused-ring (bicyclic) bond motifs is 9. The van der Waals surface area contributed by atoms with Crippen molar-refractivity contribution in [3.8, 4) is 51.0 Å². The van der Waals surface area contributed by atoms with Crippen LogP contribution in [0.2, 0.25) is 0 Å². The van der Waals surface area contributed by atoms with Gasteiger partial charge in [0.15, 0.2) is 17.5 Å². The molecule has 0 amide bonds. The molecule has 6 nitrogen and oxygen atoms in total. The Balaban J connectivity index is 1.03. The van der Waals surface area contributed by atoms with E-state index in [1.807, 2.05) is 78.9 Å². The Hall–Kier alpha value is -7.83. The number of hydrogen-bond acceptors (Lipinski definition) is 5. The third kappa shape index (κ3) is 4.94. The largest absolute Gasteiger partial charge is 0.456 e. The SMILES string of the molecule is c1ccc(-c2nc(-c3ccccc3)nc(-c3cccc4oc5cc6oc7cc(-c8cccc9c8c8ccccc8n9-c8ccccc8)ccc7c6cc5c34)n2)cc1. The van der Waals surface area contributed by atoms with E-state index in [2.05, 4.69) is 108 Å². The summed E-state index contributed by atoms with van der Waals surface area (Å²) in [4.78, 5) is 15.0. The van der Waals surface area contributed by atoms with E-state index in [0.29, 0.717) is 17.5 Å². The number of para-hydroxylation sites is 2. The number of benzene rings is 8. The van der Waals surface area contributed by atoms with Gasteiger partial charge in [0.05, 0.1) is 11.0 Å². The lowest BCUT2D eigenvalue weighted by Crippen LogP contribution is -2.00. The number of hydrogen-bond donors (Lipinski definition) is 0. The fourth-order valence-electron chi connectivity index (χ4n) is 8.49. The van der Waals surface area contributed by atoms with Gasteiger partial charge in [-0.15, -0.1) is 0 Å². The molecule has 6 heteroatoms. The van der Waals surface area contributed by atoms with Crippen LogP contribution in [-0.4, -0.2) is 19.5 Å². The molecular weight excluding hydrogens is 701 g/mol. The highest BCUT2D eigenvalue weighted by atomic mass is 16.3. The van der Waals surface area contributed by atoms with Gasteiger partial charge < -0.3 is 13.4 Å². The van der Waals surface area contributed by atoms with Gasteiger partial charge in [0.1, 0.15) is 22.3 Å². The summed E-state index contributed by atoms with van der Waals surface area (Å²) < 4.78 is 15.5. The average Bonchev–Trinajstić information content (AvgIpc) is 3.94. The van der Waals surface area contributed by atoms with Gasteiger partial charge in [-0.3, -0.25) is 0 Å². The Morgan fingerprint density at radius 3 is 1.70 bits per heavy atom. The minimum atomic E-state index is 0.584. The van der Waals surface area contributed by atoms with Crippen molar-refractivity contribution in [3.63, 3.8) is 0 Å². The van der Waals surface area contributed by atoms with Crippen molar-refractivity contribution in [2.45, 2.75) is 0 Å². The molecule has 0 unspecified atom stereocenters. The molecular formula is C51H30N4O2. The van der Waals surface area contributed by atoms with Crippen molar-refractivity contribution in [2.24, 2.45) is 0 Å². The van der Waals surface area contributed by atoms with Crippen LogP contribution in [0.15, 0.2) is 191 Å². The van der Waals surface area contributed by atoms with Crippen molar-refractivity contribution in [1.82, 2.24) is 19.5 Å². The van der Waals surface area contributed by atoms with Gasteiger partial charge in [-0.25, -0.2) is 15.0 Å². The van der Waals surface area contributed by atoms with E-state index in [4.69, 9.17) is 23.8 Å². The Bertz CT molecular complexity index is 3450. The second-order valence-corrected chi connectivity index (χ2v) is 14.4. The molecule has 0 aliphatic heterocycles. The van der Waals surface area contributed by atoms with Crippen molar-refractivity contribution >= 4 is 65.7 Å². The lowest BCUT2D eigenvalue weighted by molar-refractivity contribution is 0.656. The van der Waals surface area contributed by atoms with Gasteiger partial charge in [-0.05, 0) is 59.7 Å². The minimum Gasteiger partial charge on any atom is -0.456 e. The summed E-state index contributed by atoms with van der Waals surface area (Å²) >= 11 is 0. The van der Waals surface area contributed by atoms with Crippen molar-refractivity contribution in [3.05, 3.63) is 182 Å². The number of rotatable bonds is 5. The zero-order valence-corrected chi connectivity index (χ0v) is 30.4. The van der Waals surface area contributed by atoms with Gasteiger partial charge in [-0.1, -0.05) is 127 Å². The molecule has 0 fully saturated rings. The zero-order valence-electron chi connectivity index (χ0n) is 30.4. The molecule has 266 valence electrons. The van der Waals surface area contributed by atoms with Crippen LogP contribution in [0.5, 0.6) is 0 Å². The molecule has 12 aromatic rings. The number of nitrogens with zero attached hydrogens (tertiary/aromatic N) is 4. The molecule has 4 aromatic heterocycles. The molecule has 12 rings (SSSR count). The average molecular weight is 731 g/mol. The lowest BCUT2D eigenvalue weighted by Gasteiger charge is -2.09. The Kier molecular flexibility index (Phi) is 6.83. The van der Waals surface area contributed by atoms with Crippen molar-refractivity contribution in [2.75, 3.05) is 0 Å². The van der Waals surface area contributed by atoms with Crippen LogP contribution in [0.4, 0.5) is 0 Å². The highest BCUT2D eigenvalue weighted by Crippen LogP contribution is 2.43. The molecule has 8 aromatic carbocycles. The fourth-order valence-corrected chi connectivity index (χ4v) is 8.49. The first-order valence-corrected chi connectivity index (χ1v) is 19.0. The first-order chi connectivity index (χ1) is 28.2. The lowest BCUT2D eigenvalue weighted by atomic mass is 9.98. The summed E-state index contributed by atoms with van der Waals surface area (Å²) in [5.41, 5.74) is 11.5. The predicted molar refractivity (Wildman–Crippen MR) is 230 cm³/mol. The smallest absolute Gasteiger partial charge is 0.164 e. The van der Waals surface area contributed by atoms with E-state index in [1.165, 1.54) is 16.3 Å². The summed E-state index contributed by atoms with van der Waals surface area (Å²) in [5.74, 6) is 1.81. The van der Waals surface area contributed by atoms with Gasteiger partial charge in [0.2, 0.25) is 0 Å². The van der Waals surface area contributed by atoms with E-state index in [9.17, 15) is 0 Å². The normalized spacial score (nSPS) is 11.9. The molecule has 0 bridgehead atoms.